The molecule has 2 aliphatic rings. The Kier molecular flexibility index (Phi) is 6.31. The molecule has 1 atom stereocenters. The lowest BCUT2D eigenvalue weighted by atomic mass is 9.95. The summed E-state index contributed by atoms with van der Waals surface area (Å²) in [5, 5.41) is 11.3. The molecule has 32 heavy (non-hydrogen) atoms. The van der Waals surface area contributed by atoms with Crippen molar-refractivity contribution in [3.63, 3.8) is 0 Å². The fraction of sp³-hybridized carbons (Fsp3) is 0.423. The maximum Gasteiger partial charge on any atom is 0.295 e. The summed E-state index contributed by atoms with van der Waals surface area (Å²) >= 11 is 0. The summed E-state index contributed by atoms with van der Waals surface area (Å²) in [7, 11) is 0. The molecule has 2 heterocycles. The smallest absolute Gasteiger partial charge is 0.295 e. The van der Waals surface area contributed by atoms with Gasteiger partial charge in [-0.25, -0.2) is 0 Å². The van der Waals surface area contributed by atoms with Crippen molar-refractivity contribution in [3.8, 4) is 5.75 Å². The molecule has 6 heteroatoms. The van der Waals surface area contributed by atoms with Gasteiger partial charge in [0.05, 0.1) is 18.2 Å². The Bertz CT molecular complexity index is 1040. The highest BCUT2D eigenvalue weighted by Crippen LogP contribution is 2.43. The average molecular weight is 435 g/mol. The van der Waals surface area contributed by atoms with Crippen LogP contribution in [0.3, 0.4) is 0 Å². The Labute approximate surface area is 188 Å². The number of hydrogen-bond acceptors (Lipinski definition) is 5. The number of amides is 1. The van der Waals surface area contributed by atoms with Crippen LogP contribution in [0.4, 0.5) is 0 Å². The number of hydrogen-bond donors (Lipinski definition) is 1. The Morgan fingerprint density at radius 1 is 1.22 bits per heavy atom. The second kappa shape index (κ2) is 9.15. The first-order chi connectivity index (χ1) is 15.4. The quantitative estimate of drug-likeness (QED) is 0.402. The molecule has 168 valence electrons. The van der Waals surface area contributed by atoms with Crippen LogP contribution in [0.2, 0.25) is 0 Å². The van der Waals surface area contributed by atoms with Crippen molar-refractivity contribution in [3.05, 3.63) is 65.0 Å². The summed E-state index contributed by atoms with van der Waals surface area (Å²) in [4.78, 5) is 32.1. The summed E-state index contributed by atoms with van der Waals surface area (Å²) < 4.78 is 5.84. The SMILES string of the molecule is Cc1cc(/C(O)=C2/C(=O)C(=O)N(C3CCCC3)C2c2cccnc2)ccc1OCC(C)C. The number of aliphatic hydroxyl groups excluding tert-OH is 1. The maximum absolute atomic E-state index is 13.1. The zero-order chi connectivity index (χ0) is 22.8. The van der Waals surface area contributed by atoms with E-state index in [9.17, 15) is 14.7 Å². The van der Waals surface area contributed by atoms with Crippen molar-refractivity contribution >= 4 is 17.4 Å². The van der Waals surface area contributed by atoms with Gasteiger partial charge in [-0.15, -0.1) is 0 Å². The second-order valence-electron chi connectivity index (χ2n) is 9.12. The summed E-state index contributed by atoms with van der Waals surface area (Å²) in [6, 6.07) is 8.34. The number of carbonyl (C=O) groups is 2. The molecule has 1 saturated heterocycles. The van der Waals surface area contributed by atoms with Gasteiger partial charge in [-0.3, -0.25) is 14.6 Å². The number of rotatable bonds is 6. The first-order valence-electron chi connectivity index (χ1n) is 11.3. The lowest BCUT2D eigenvalue weighted by Crippen LogP contribution is -2.37. The normalized spacial score (nSPS) is 21.0. The minimum absolute atomic E-state index is 0.00417. The monoisotopic (exact) mass is 434 g/mol. The molecule has 1 amide bonds. The van der Waals surface area contributed by atoms with Crippen LogP contribution in [0.1, 0.15) is 62.3 Å². The van der Waals surface area contributed by atoms with Gasteiger partial charge in [-0.05, 0) is 61.1 Å². The Morgan fingerprint density at radius 3 is 2.59 bits per heavy atom. The van der Waals surface area contributed by atoms with Crippen LogP contribution in [-0.4, -0.2) is 39.3 Å². The zero-order valence-corrected chi connectivity index (χ0v) is 18.9. The van der Waals surface area contributed by atoms with Crippen molar-refractivity contribution in [1.82, 2.24) is 9.88 Å². The van der Waals surface area contributed by atoms with E-state index in [-0.39, 0.29) is 17.4 Å². The molecular formula is C26H30N2O4. The molecule has 0 spiro atoms. The molecule has 1 saturated carbocycles. The van der Waals surface area contributed by atoms with E-state index in [4.69, 9.17) is 4.74 Å². The minimum atomic E-state index is -0.638. The number of pyridine rings is 1. The lowest BCUT2D eigenvalue weighted by molar-refractivity contribution is -0.141. The number of aliphatic hydroxyl groups is 1. The van der Waals surface area contributed by atoms with Crippen LogP contribution < -0.4 is 4.74 Å². The molecule has 0 radical (unpaired) electrons. The van der Waals surface area contributed by atoms with E-state index in [2.05, 4.69) is 18.8 Å². The molecule has 1 aliphatic carbocycles. The van der Waals surface area contributed by atoms with Crippen molar-refractivity contribution < 1.29 is 19.4 Å². The van der Waals surface area contributed by atoms with Gasteiger partial charge >= 0.3 is 0 Å². The van der Waals surface area contributed by atoms with Crippen molar-refractivity contribution in [2.24, 2.45) is 5.92 Å². The predicted molar refractivity (Wildman–Crippen MR) is 122 cm³/mol. The fourth-order valence-corrected chi connectivity index (χ4v) is 4.64. The van der Waals surface area contributed by atoms with Crippen molar-refractivity contribution in [2.75, 3.05) is 6.61 Å². The van der Waals surface area contributed by atoms with Crippen LogP contribution in [0.15, 0.2) is 48.3 Å². The van der Waals surface area contributed by atoms with Gasteiger partial charge in [-0.1, -0.05) is 32.8 Å². The molecule has 2 fully saturated rings. The van der Waals surface area contributed by atoms with E-state index in [1.54, 1.807) is 41.6 Å². The van der Waals surface area contributed by atoms with E-state index in [1.807, 2.05) is 13.0 Å². The minimum Gasteiger partial charge on any atom is -0.507 e. The van der Waals surface area contributed by atoms with Crippen molar-refractivity contribution in [2.45, 2.75) is 58.5 Å². The Morgan fingerprint density at radius 2 is 1.97 bits per heavy atom. The summed E-state index contributed by atoms with van der Waals surface area (Å²) in [6.07, 6.45) is 7.12. The van der Waals surface area contributed by atoms with E-state index in [0.717, 1.165) is 42.6 Å². The second-order valence-corrected chi connectivity index (χ2v) is 9.12. The van der Waals surface area contributed by atoms with Gasteiger partial charge < -0.3 is 14.7 Å². The summed E-state index contributed by atoms with van der Waals surface area (Å²) in [5.74, 6) is -0.197. The van der Waals surface area contributed by atoms with Crippen LogP contribution in [0.5, 0.6) is 5.75 Å². The third-order valence-electron chi connectivity index (χ3n) is 6.22. The standard InChI is InChI=1S/C26H30N2O4/c1-16(2)15-32-21-11-10-18(13-17(21)3)24(29)22-23(19-7-6-12-27-14-19)28(26(31)25(22)30)20-8-4-5-9-20/h6-7,10-14,16,20,23,29H,4-5,8-9,15H2,1-3H3/b24-22-. The predicted octanol–water partition coefficient (Wildman–Crippen LogP) is 4.79. The number of aromatic nitrogens is 1. The van der Waals surface area contributed by atoms with E-state index in [0.29, 0.717) is 18.1 Å². The molecule has 1 N–H and O–H groups in total. The van der Waals surface area contributed by atoms with Gasteiger partial charge in [0.2, 0.25) is 0 Å². The zero-order valence-electron chi connectivity index (χ0n) is 18.9. The molecular weight excluding hydrogens is 404 g/mol. The van der Waals surface area contributed by atoms with E-state index < -0.39 is 17.7 Å². The van der Waals surface area contributed by atoms with Crippen LogP contribution in [-0.2, 0) is 9.59 Å². The molecule has 6 nitrogen and oxygen atoms in total. The Balaban J connectivity index is 1.77. The van der Waals surface area contributed by atoms with Gasteiger partial charge in [0.15, 0.2) is 0 Å². The van der Waals surface area contributed by atoms with Crippen LogP contribution >= 0.6 is 0 Å². The number of likely N-dealkylation sites (tertiary alicyclic amines) is 1. The number of ketones is 1. The van der Waals surface area contributed by atoms with E-state index in [1.165, 1.54) is 0 Å². The van der Waals surface area contributed by atoms with Gasteiger partial charge in [0.1, 0.15) is 11.5 Å². The first kappa shape index (κ1) is 22.1. The average Bonchev–Trinajstić information content (AvgIpc) is 3.40. The van der Waals surface area contributed by atoms with E-state index >= 15 is 0 Å². The number of carbonyl (C=O) groups excluding carboxylic acids is 2. The molecule has 1 unspecified atom stereocenters. The van der Waals surface area contributed by atoms with Gasteiger partial charge in [0.25, 0.3) is 11.7 Å². The highest BCUT2D eigenvalue weighted by molar-refractivity contribution is 6.46. The van der Waals surface area contributed by atoms with Crippen LogP contribution in [0, 0.1) is 12.8 Å². The molecule has 2 aromatic rings. The number of ether oxygens (including phenoxy) is 1. The van der Waals surface area contributed by atoms with Crippen LogP contribution in [0.25, 0.3) is 5.76 Å². The third kappa shape index (κ3) is 4.14. The third-order valence-corrected chi connectivity index (χ3v) is 6.22. The molecule has 1 aromatic carbocycles. The highest BCUT2D eigenvalue weighted by atomic mass is 16.5. The van der Waals surface area contributed by atoms with Gasteiger partial charge in [-0.2, -0.15) is 0 Å². The van der Waals surface area contributed by atoms with Gasteiger partial charge in [0, 0.05) is 24.0 Å². The highest BCUT2D eigenvalue weighted by Gasteiger charge is 2.49. The number of aryl methyl sites for hydroxylation is 1. The first-order valence-corrected chi connectivity index (χ1v) is 11.3. The fourth-order valence-electron chi connectivity index (χ4n) is 4.64. The lowest BCUT2D eigenvalue weighted by Gasteiger charge is -2.30. The van der Waals surface area contributed by atoms with Crippen molar-refractivity contribution in [1.29, 1.82) is 0 Å². The molecule has 0 bridgehead atoms. The number of Topliss-reactive ketones (excluding diaryl/α,β-unsaturated/α-hetero) is 1. The largest absolute Gasteiger partial charge is 0.507 e. The maximum atomic E-state index is 13.1. The molecule has 1 aliphatic heterocycles. The molecule has 4 rings (SSSR count). The summed E-state index contributed by atoms with van der Waals surface area (Å²) in [5.41, 5.74) is 2.22. The number of nitrogens with zero attached hydrogens (tertiary/aromatic N) is 2. The summed E-state index contributed by atoms with van der Waals surface area (Å²) in [6.45, 7) is 6.66. The number of benzene rings is 1. The topological polar surface area (TPSA) is 79.7 Å². The Hall–Kier alpha value is -3.15. The molecule has 1 aromatic heterocycles.